The Bertz CT molecular complexity index is 288. The van der Waals surface area contributed by atoms with E-state index >= 15 is 0 Å². The van der Waals surface area contributed by atoms with Crippen LogP contribution < -0.4 is 5.32 Å². The lowest BCUT2D eigenvalue weighted by atomic mass is 9.99. The van der Waals surface area contributed by atoms with Gasteiger partial charge in [-0.25, -0.2) is 0 Å². The summed E-state index contributed by atoms with van der Waals surface area (Å²) in [5, 5.41) is 4.70. The Morgan fingerprint density at radius 3 is 3.06 bits per heavy atom. The van der Waals surface area contributed by atoms with Gasteiger partial charge in [-0.2, -0.15) is 0 Å². The van der Waals surface area contributed by atoms with Crippen LogP contribution in [0.4, 0.5) is 0 Å². The second-order valence-corrected chi connectivity index (χ2v) is 7.11. The molecule has 4 heteroatoms. The van der Waals surface area contributed by atoms with Gasteiger partial charge in [-0.1, -0.05) is 11.8 Å². The van der Waals surface area contributed by atoms with Crippen LogP contribution in [0, 0.1) is 5.92 Å². The van der Waals surface area contributed by atoms with Crippen LogP contribution in [0.25, 0.3) is 0 Å². The minimum absolute atomic E-state index is 0.230. The maximum Gasteiger partial charge on any atom is 0.156 e. The maximum atomic E-state index is 4.78. The first-order chi connectivity index (χ1) is 8.05. The average molecular weight is 255 g/mol. The molecule has 2 saturated heterocycles. The third-order valence-corrected chi connectivity index (χ3v) is 4.54. The van der Waals surface area contributed by atoms with Gasteiger partial charge in [0, 0.05) is 24.4 Å². The second kappa shape index (κ2) is 5.61. The molecule has 0 aromatic rings. The van der Waals surface area contributed by atoms with Crippen LogP contribution in [0.1, 0.15) is 33.1 Å². The lowest BCUT2D eigenvalue weighted by Gasteiger charge is -2.33. The standard InChI is InChI=1S/C13H25N3S/c1-13(2)6-8-17-12(15-13)14-9-11-5-4-7-16(3)10-11/h11H,4-10H2,1-3H3,(H,14,15). The number of aliphatic imine (C=N–C) groups is 1. The highest BCUT2D eigenvalue weighted by atomic mass is 32.2. The van der Waals surface area contributed by atoms with Crippen molar-refractivity contribution in [3.63, 3.8) is 0 Å². The van der Waals surface area contributed by atoms with Crippen LogP contribution in [-0.2, 0) is 0 Å². The predicted octanol–water partition coefficient (Wildman–Crippen LogP) is 2.19. The highest BCUT2D eigenvalue weighted by molar-refractivity contribution is 8.13. The smallest absolute Gasteiger partial charge is 0.156 e. The summed E-state index contributed by atoms with van der Waals surface area (Å²) < 4.78 is 0. The summed E-state index contributed by atoms with van der Waals surface area (Å²) in [5.41, 5.74) is 0.230. The third kappa shape index (κ3) is 4.18. The topological polar surface area (TPSA) is 27.6 Å². The average Bonchev–Trinajstić information content (AvgIpc) is 2.25. The molecule has 0 aromatic carbocycles. The van der Waals surface area contributed by atoms with Gasteiger partial charge in [0.25, 0.3) is 0 Å². The van der Waals surface area contributed by atoms with Gasteiger partial charge in [-0.15, -0.1) is 0 Å². The van der Waals surface area contributed by atoms with Gasteiger partial charge >= 0.3 is 0 Å². The van der Waals surface area contributed by atoms with Crippen molar-refractivity contribution in [2.45, 2.75) is 38.6 Å². The van der Waals surface area contributed by atoms with Crippen molar-refractivity contribution in [3.05, 3.63) is 0 Å². The molecule has 0 aromatic heterocycles. The molecule has 17 heavy (non-hydrogen) atoms. The first-order valence-electron chi connectivity index (χ1n) is 6.69. The number of nitrogens with one attached hydrogen (secondary N) is 1. The van der Waals surface area contributed by atoms with E-state index < -0.39 is 0 Å². The Morgan fingerprint density at radius 1 is 1.53 bits per heavy atom. The Kier molecular flexibility index (Phi) is 4.36. The molecular formula is C13H25N3S. The van der Waals surface area contributed by atoms with Crippen LogP contribution in [0.2, 0.25) is 0 Å². The van der Waals surface area contributed by atoms with E-state index in [0.717, 1.165) is 17.6 Å². The Hall–Kier alpha value is -0.220. The van der Waals surface area contributed by atoms with Gasteiger partial charge in [0.2, 0.25) is 0 Å². The van der Waals surface area contributed by atoms with Gasteiger partial charge in [-0.05, 0) is 52.6 Å². The van der Waals surface area contributed by atoms with Gasteiger partial charge in [0.1, 0.15) is 0 Å². The number of amidine groups is 1. The van der Waals surface area contributed by atoms with Crippen molar-refractivity contribution in [2.24, 2.45) is 10.9 Å². The molecule has 2 rings (SSSR count). The Balaban J connectivity index is 1.83. The van der Waals surface area contributed by atoms with E-state index in [2.05, 4.69) is 31.1 Å². The van der Waals surface area contributed by atoms with E-state index in [0.29, 0.717) is 0 Å². The quantitative estimate of drug-likeness (QED) is 0.819. The number of piperidine rings is 1. The van der Waals surface area contributed by atoms with Crippen LogP contribution in [0.15, 0.2) is 4.99 Å². The molecule has 2 aliphatic rings. The fourth-order valence-electron chi connectivity index (χ4n) is 2.51. The first kappa shape index (κ1) is 13.2. The molecule has 0 spiro atoms. The van der Waals surface area contributed by atoms with E-state index in [9.17, 15) is 0 Å². The minimum Gasteiger partial charge on any atom is -0.360 e. The first-order valence-corrected chi connectivity index (χ1v) is 7.68. The van der Waals surface area contributed by atoms with Crippen molar-refractivity contribution in [1.82, 2.24) is 10.2 Å². The zero-order valence-corrected chi connectivity index (χ0v) is 12.1. The van der Waals surface area contributed by atoms with Crippen molar-refractivity contribution in [3.8, 4) is 0 Å². The van der Waals surface area contributed by atoms with Crippen molar-refractivity contribution >= 4 is 16.9 Å². The summed E-state index contributed by atoms with van der Waals surface area (Å²) in [7, 11) is 2.22. The zero-order chi connectivity index (χ0) is 12.3. The van der Waals surface area contributed by atoms with E-state index in [1.807, 2.05) is 11.8 Å². The van der Waals surface area contributed by atoms with E-state index in [1.54, 1.807) is 0 Å². The highest BCUT2D eigenvalue weighted by Crippen LogP contribution is 2.22. The molecule has 0 saturated carbocycles. The maximum absolute atomic E-state index is 4.78. The highest BCUT2D eigenvalue weighted by Gasteiger charge is 2.24. The molecule has 0 bridgehead atoms. The van der Waals surface area contributed by atoms with E-state index in [4.69, 9.17) is 4.99 Å². The largest absolute Gasteiger partial charge is 0.360 e. The lowest BCUT2D eigenvalue weighted by molar-refractivity contribution is 0.214. The molecule has 3 nitrogen and oxygen atoms in total. The van der Waals surface area contributed by atoms with Gasteiger partial charge in [0.15, 0.2) is 5.17 Å². The summed E-state index contributed by atoms with van der Waals surface area (Å²) in [4.78, 5) is 7.21. The molecule has 0 amide bonds. The lowest BCUT2D eigenvalue weighted by Crippen LogP contribution is -2.46. The van der Waals surface area contributed by atoms with E-state index in [-0.39, 0.29) is 5.54 Å². The predicted molar refractivity (Wildman–Crippen MR) is 76.8 cm³/mol. The van der Waals surface area contributed by atoms with Crippen LogP contribution >= 0.6 is 11.8 Å². The molecule has 0 radical (unpaired) electrons. The summed E-state index contributed by atoms with van der Waals surface area (Å²) in [5.74, 6) is 1.96. The van der Waals surface area contributed by atoms with Crippen LogP contribution in [0.5, 0.6) is 0 Å². The van der Waals surface area contributed by atoms with Crippen molar-refractivity contribution in [1.29, 1.82) is 0 Å². The van der Waals surface area contributed by atoms with Crippen molar-refractivity contribution in [2.75, 3.05) is 32.4 Å². The van der Waals surface area contributed by atoms with Gasteiger partial charge < -0.3 is 10.2 Å². The number of likely N-dealkylation sites (tertiary alicyclic amines) is 1. The molecule has 1 N–H and O–H groups in total. The number of rotatable bonds is 2. The normalized spacial score (nSPS) is 32.4. The van der Waals surface area contributed by atoms with Crippen LogP contribution in [0.3, 0.4) is 0 Å². The van der Waals surface area contributed by atoms with Crippen molar-refractivity contribution < 1.29 is 0 Å². The molecule has 98 valence electrons. The SMILES string of the molecule is CN1CCCC(CN=C2NC(C)(C)CCS2)C1. The third-order valence-electron chi connectivity index (χ3n) is 3.63. The van der Waals surface area contributed by atoms with E-state index in [1.165, 1.54) is 38.1 Å². The summed E-state index contributed by atoms with van der Waals surface area (Å²) in [6.07, 6.45) is 3.90. The number of hydrogen-bond acceptors (Lipinski definition) is 3. The monoisotopic (exact) mass is 255 g/mol. The fraction of sp³-hybridized carbons (Fsp3) is 0.923. The second-order valence-electron chi connectivity index (χ2n) is 6.02. The Morgan fingerprint density at radius 2 is 2.35 bits per heavy atom. The van der Waals surface area contributed by atoms with Gasteiger partial charge in [-0.3, -0.25) is 4.99 Å². The summed E-state index contributed by atoms with van der Waals surface area (Å²) in [6, 6.07) is 0. The Labute approximate surface area is 109 Å². The minimum atomic E-state index is 0.230. The molecule has 1 unspecified atom stereocenters. The molecule has 0 aliphatic carbocycles. The summed E-state index contributed by atoms with van der Waals surface area (Å²) in [6.45, 7) is 7.99. The summed E-state index contributed by atoms with van der Waals surface area (Å²) >= 11 is 1.88. The molecule has 2 fully saturated rings. The zero-order valence-electron chi connectivity index (χ0n) is 11.3. The van der Waals surface area contributed by atoms with Gasteiger partial charge in [0.05, 0.1) is 0 Å². The number of thioether (sulfide) groups is 1. The molecule has 1 atom stereocenters. The number of nitrogens with zero attached hydrogens (tertiary/aromatic N) is 2. The van der Waals surface area contributed by atoms with Crippen LogP contribution in [-0.4, -0.2) is 48.0 Å². The molecular weight excluding hydrogens is 230 g/mol. The fourth-order valence-corrected chi connectivity index (χ4v) is 3.83. The molecule has 2 heterocycles. The number of hydrogen-bond donors (Lipinski definition) is 1. The molecule has 2 aliphatic heterocycles.